The van der Waals surface area contributed by atoms with Crippen molar-refractivity contribution in [1.82, 2.24) is 20.6 Å². The van der Waals surface area contributed by atoms with Gasteiger partial charge in [0.15, 0.2) is 23.6 Å². The van der Waals surface area contributed by atoms with Gasteiger partial charge in [0.1, 0.15) is 48.6 Å². The fourth-order valence-electron chi connectivity index (χ4n) is 9.82. The Labute approximate surface area is 465 Å². The first-order valence-corrected chi connectivity index (χ1v) is 27.7. The van der Waals surface area contributed by atoms with Crippen molar-refractivity contribution < 1.29 is 70.9 Å². The van der Waals surface area contributed by atoms with Gasteiger partial charge in [-0.3, -0.25) is 19.2 Å². The molecule has 0 spiro atoms. The number of ether oxygens (including phenoxy) is 9. The van der Waals surface area contributed by atoms with Gasteiger partial charge in [0.05, 0.1) is 33.0 Å². The molecule has 2 fully saturated rings. The van der Waals surface area contributed by atoms with Crippen LogP contribution in [0.4, 0.5) is 0 Å². The van der Waals surface area contributed by atoms with E-state index in [-0.39, 0.29) is 57.0 Å². The second-order valence-corrected chi connectivity index (χ2v) is 21.2. The summed E-state index contributed by atoms with van der Waals surface area (Å²) >= 11 is 5.94. The molecule has 3 N–H and O–H groups in total. The average Bonchev–Trinajstić information content (AvgIpc) is 3.80. The standard InChI is InChI=1S/C56H78N5O15PS/c1-35(2)61(36(3)4)77(72-31-29-57-9)76-50-41(33-71-56(42-18-14-13-15-19-42,43-20-24-45(66-10)25-21-43)44-22-26-46(67-11)27-23-44)32-47(51(50)68-12)60-55(78)58-28-16-17-30-69-54-49(59-37(5)62)53(74-40(8)65)52(73-39(7)64)48(75-54)34-70-38(6)63/h13-15,18-27,35-36,41,47-54H,16-17,28-34H2,1-8,10-12H3,(H,59,62)(H2,58,60,78)/t41-,47+,48-,49-,50?,51-,52+,53-,54-,77?/m1/s1. The molecule has 1 saturated carbocycles. The van der Waals surface area contributed by atoms with Crippen molar-refractivity contribution >= 4 is 49.7 Å². The number of benzene rings is 3. The topological polar surface area (TPSA) is 213 Å². The third kappa shape index (κ3) is 17.5. The zero-order valence-corrected chi connectivity index (χ0v) is 48.3. The summed E-state index contributed by atoms with van der Waals surface area (Å²) in [7, 11) is 3.22. The van der Waals surface area contributed by atoms with Crippen LogP contribution < -0.4 is 25.4 Å². The molecule has 1 aliphatic carbocycles. The van der Waals surface area contributed by atoms with E-state index in [9.17, 15) is 19.2 Å². The van der Waals surface area contributed by atoms with Crippen LogP contribution in [0.25, 0.3) is 4.85 Å². The van der Waals surface area contributed by atoms with E-state index in [1.54, 1.807) is 21.3 Å². The smallest absolute Gasteiger partial charge is 0.303 e. The quantitative estimate of drug-likeness (QED) is 0.0121. The van der Waals surface area contributed by atoms with Crippen molar-refractivity contribution in [2.75, 3.05) is 60.8 Å². The second-order valence-electron chi connectivity index (χ2n) is 19.4. The van der Waals surface area contributed by atoms with Gasteiger partial charge >= 0.3 is 17.9 Å². The maximum absolute atomic E-state index is 12.4. The molecule has 2 aliphatic rings. The van der Waals surface area contributed by atoms with Crippen molar-refractivity contribution in [3.05, 3.63) is 107 Å². The number of esters is 3. The minimum absolute atomic E-state index is 0.0450. The minimum Gasteiger partial charge on any atom is -0.497 e. The summed E-state index contributed by atoms with van der Waals surface area (Å²) in [6, 6.07) is 24.5. The number of thiocarbonyl (C=S) groups is 1. The molecular formula is C56H78N5O15PS. The lowest BCUT2D eigenvalue weighted by Gasteiger charge is -2.44. The van der Waals surface area contributed by atoms with Gasteiger partial charge in [-0.05, 0) is 100 Å². The first-order valence-electron chi connectivity index (χ1n) is 26.2. The van der Waals surface area contributed by atoms with E-state index in [0.29, 0.717) is 42.4 Å². The van der Waals surface area contributed by atoms with Crippen LogP contribution in [0.5, 0.6) is 11.5 Å². The molecule has 1 saturated heterocycles. The fraction of sp³-hybridized carbons (Fsp3) is 0.571. The van der Waals surface area contributed by atoms with Gasteiger partial charge in [0, 0.05) is 66.0 Å². The zero-order valence-electron chi connectivity index (χ0n) is 46.6. The van der Waals surface area contributed by atoms with Crippen molar-refractivity contribution in [3.8, 4) is 11.5 Å². The van der Waals surface area contributed by atoms with E-state index in [0.717, 1.165) is 16.7 Å². The van der Waals surface area contributed by atoms with Gasteiger partial charge in [-0.25, -0.2) is 11.2 Å². The summed E-state index contributed by atoms with van der Waals surface area (Å²) in [4.78, 5) is 52.3. The summed E-state index contributed by atoms with van der Waals surface area (Å²) in [6.45, 7) is 21.5. The molecule has 10 atom stereocenters. The van der Waals surface area contributed by atoms with Gasteiger partial charge in [-0.15, -0.1) is 0 Å². The van der Waals surface area contributed by atoms with E-state index in [4.69, 9.17) is 70.5 Å². The highest BCUT2D eigenvalue weighted by molar-refractivity contribution is 7.80. The van der Waals surface area contributed by atoms with Crippen molar-refractivity contribution in [2.24, 2.45) is 5.92 Å². The number of amides is 1. The van der Waals surface area contributed by atoms with E-state index >= 15 is 0 Å². The molecule has 1 aliphatic heterocycles. The average molecular weight is 1120 g/mol. The maximum Gasteiger partial charge on any atom is 0.303 e. The monoisotopic (exact) mass is 1120 g/mol. The molecule has 3 aromatic rings. The van der Waals surface area contributed by atoms with Gasteiger partial charge in [-0.1, -0.05) is 54.6 Å². The summed E-state index contributed by atoms with van der Waals surface area (Å²) < 4.78 is 69.5. The Morgan fingerprint density at radius 2 is 1.35 bits per heavy atom. The predicted octanol–water partition coefficient (Wildman–Crippen LogP) is 7.00. The Morgan fingerprint density at radius 1 is 0.756 bits per heavy atom. The number of methoxy groups -OCH3 is 3. The van der Waals surface area contributed by atoms with E-state index in [1.807, 2.05) is 66.7 Å². The van der Waals surface area contributed by atoms with Crippen LogP contribution in [-0.4, -0.2) is 155 Å². The Morgan fingerprint density at radius 3 is 1.87 bits per heavy atom. The molecule has 1 heterocycles. The van der Waals surface area contributed by atoms with E-state index in [2.05, 4.69) is 65.3 Å². The van der Waals surface area contributed by atoms with Gasteiger partial charge in [-0.2, -0.15) is 0 Å². The Hall–Kier alpha value is -5.53. The van der Waals surface area contributed by atoms with Gasteiger partial charge in [0.25, 0.3) is 8.53 Å². The summed E-state index contributed by atoms with van der Waals surface area (Å²) in [5, 5.41) is 9.95. The van der Waals surface area contributed by atoms with Crippen molar-refractivity contribution in [1.29, 1.82) is 0 Å². The molecule has 428 valence electrons. The number of carbonyl (C=O) groups is 4. The molecule has 2 unspecified atom stereocenters. The molecule has 0 radical (unpaired) electrons. The SMILES string of the molecule is [C-]#[N+]CCOP(OC1[C@@H](COC(c2ccccc2)(c2ccc(OC)cc2)c2ccc(OC)cc2)C[C@H](NC(=S)NCCCCO[C@@H]2O[C@H](COC(C)=O)[C@H](OC(C)=O)[C@H](OC(C)=O)[C@H]2NC(C)=O)[C@H]1OC)N(C(C)C)C(C)C. The maximum atomic E-state index is 12.4. The van der Waals surface area contributed by atoms with E-state index < -0.39 is 80.8 Å². The number of rotatable bonds is 29. The van der Waals surface area contributed by atoms with Gasteiger partial charge in [0.2, 0.25) is 12.5 Å². The second kappa shape index (κ2) is 31.3. The Bertz CT molecular complexity index is 2360. The third-order valence-corrected chi connectivity index (χ3v) is 15.5. The lowest BCUT2D eigenvalue weighted by atomic mass is 9.79. The highest BCUT2D eigenvalue weighted by Crippen LogP contribution is 2.51. The largest absolute Gasteiger partial charge is 0.497 e. The molecule has 1 amide bonds. The molecular weight excluding hydrogens is 1050 g/mol. The van der Waals surface area contributed by atoms with Crippen LogP contribution in [0.2, 0.25) is 0 Å². The Balaban J connectivity index is 1.38. The fourth-order valence-corrected chi connectivity index (χ4v) is 11.9. The van der Waals surface area contributed by atoms with Crippen LogP contribution >= 0.6 is 20.7 Å². The number of hydrogen-bond acceptors (Lipinski definition) is 17. The Kier molecular flexibility index (Phi) is 25.4. The number of hydrogen-bond donors (Lipinski definition) is 3. The summed E-state index contributed by atoms with van der Waals surface area (Å²) in [5.74, 6) is -1.38. The number of nitrogens with zero attached hydrogens (tertiary/aromatic N) is 2. The van der Waals surface area contributed by atoms with Crippen LogP contribution in [-0.2, 0) is 67.0 Å². The first-order chi connectivity index (χ1) is 37.4. The van der Waals surface area contributed by atoms with Crippen molar-refractivity contribution in [2.45, 2.75) is 141 Å². The van der Waals surface area contributed by atoms with Crippen LogP contribution in [0, 0.1) is 12.5 Å². The van der Waals surface area contributed by atoms with Crippen LogP contribution in [0.1, 0.15) is 91.3 Å². The highest BCUT2D eigenvalue weighted by Gasteiger charge is 2.52. The lowest BCUT2D eigenvalue weighted by molar-refractivity contribution is -0.277. The minimum atomic E-state index is -1.71. The molecule has 20 nitrogen and oxygen atoms in total. The first kappa shape index (κ1) is 63.3. The lowest BCUT2D eigenvalue weighted by Crippen LogP contribution is -2.66. The molecule has 0 aromatic heterocycles. The van der Waals surface area contributed by atoms with Crippen molar-refractivity contribution in [3.63, 3.8) is 0 Å². The van der Waals surface area contributed by atoms with E-state index in [1.165, 1.54) is 27.7 Å². The third-order valence-electron chi connectivity index (χ3n) is 13.1. The number of nitrogens with one attached hydrogen (secondary N) is 3. The normalized spacial score (nSPS) is 22.5. The van der Waals surface area contributed by atoms with Gasteiger partial charge < -0.3 is 72.5 Å². The summed E-state index contributed by atoms with van der Waals surface area (Å²) in [5.41, 5.74) is 1.54. The summed E-state index contributed by atoms with van der Waals surface area (Å²) in [6.07, 6.45) is -4.26. The molecule has 3 aromatic carbocycles. The molecule has 78 heavy (non-hydrogen) atoms. The number of unbranched alkanes of at least 4 members (excludes halogenated alkanes) is 1. The number of carbonyl (C=O) groups excluding carboxylic acids is 4. The molecule has 0 bridgehead atoms. The predicted molar refractivity (Wildman–Crippen MR) is 295 cm³/mol. The molecule has 22 heteroatoms. The van der Waals surface area contributed by atoms with Crippen LogP contribution in [0.3, 0.4) is 0 Å². The molecule has 5 rings (SSSR count). The zero-order chi connectivity index (χ0) is 56.9. The van der Waals surface area contributed by atoms with Crippen LogP contribution in [0.15, 0.2) is 78.9 Å². The highest BCUT2D eigenvalue weighted by atomic mass is 32.1.